The van der Waals surface area contributed by atoms with Crippen LogP contribution in [0.2, 0.25) is 0 Å². The lowest BCUT2D eigenvalue weighted by Gasteiger charge is -2.38. The summed E-state index contributed by atoms with van der Waals surface area (Å²) in [6.45, 7) is 1.41. The molecule has 11 heteroatoms. The van der Waals surface area contributed by atoms with Gasteiger partial charge in [0.05, 0.1) is 9.79 Å². The molecule has 0 radical (unpaired) electrons. The summed E-state index contributed by atoms with van der Waals surface area (Å²) >= 11 is 0. The first-order valence-electron chi connectivity index (χ1n) is 11.4. The number of sulfonamides is 2. The summed E-state index contributed by atoms with van der Waals surface area (Å²) in [5.74, 6) is -0.512. The number of ketones is 1. The van der Waals surface area contributed by atoms with Crippen LogP contribution in [-0.2, 0) is 34.3 Å². The van der Waals surface area contributed by atoms with Crippen LogP contribution in [-0.4, -0.2) is 77.4 Å². The Morgan fingerprint density at radius 2 is 1.03 bits per heavy atom. The molecule has 2 aliphatic heterocycles. The minimum atomic E-state index is -3.41. The van der Waals surface area contributed by atoms with Crippen molar-refractivity contribution >= 4 is 25.8 Å². The first kappa shape index (κ1) is 27.4. The van der Waals surface area contributed by atoms with E-state index >= 15 is 0 Å². The minimum absolute atomic E-state index is 0.138. The van der Waals surface area contributed by atoms with Gasteiger partial charge in [-0.25, -0.2) is 16.8 Å². The number of nitrogens with zero attached hydrogens (tertiary/aromatic N) is 2. The van der Waals surface area contributed by atoms with Crippen LogP contribution >= 0.6 is 0 Å². The molecule has 0 N–H and O–H groups in total. The van der Waals surface area contributed by atoms with Crippen molar-refractivity contribution in [3.8, 4) is 0 Å². The zero-order valence-corrected chi connectivity index (χ0v) is 21.6. The number of methoxy groups -OCH3 is 2. The summed E-state index contributed by atoms with van der Waals surface area (Å²) in [4.78, 5) is 11.7. The molecule has 0 spiro atoms. The Hall–Kier alpha value is -2.15. The molecular formula is C24H32N2O7S2. The predicted molar refractivity (Wildman–Crippen MR) is 131 cm³/mol. The largest absolute Gasteiger partial charge is 0.353 e. The van der Waals surface area contributed by atoms with Crippen LogP contribution in [0.5, 0.6) is 0 Å². The summed E-state index contributed by atoms with van der Waals surface area (Å²) in [5, 5.41) is 0. The minimum Gasteiger partial charge on any atom is -0.353 e. The molecule has 192 valence electrons. The number of Topliss-reactive ketones (excluding diaryl/α,β-unsaturated/α-hetero) is 1. The number of rotatable bonds is 6. The number of benzene rings is 2. The number of hydrogen-bond acceptors (Lipinski definition) is 7. The van der Waals surface area contributed by atoms with Gasteiger partial charge in [-0.1, -0.05) is 36.4 Å². The van der Waals surface area contributed by atoms with Gasteiger partial charge < -0.3 is 9.47 Å². The van der Waals surface area contributed by atoms with E-state index in [2.05, 4.69) is 0 Å². The van der Waals surface area contributed by atoms with Crippen molar-refractivity contribution in [3.63, 3.8) is 0 Å². The molecule has 0 aliphatic carbocycles. The molecule has 0 amide bonds. The van der Waals surface area contributed by atoms with Crippen molar-refractivity contribution < 1.29 is 31.1 Å². The maximum absolute atomic E-state index is 12.4. The normalized spacial score (nSPS) is 19.5. The SMILES string of the molecule is COC1(OC)CCN(S(=O)(=O)c2ccccc2)CC1.O=C1CCN(S(=O)(=O)c2ccccc2)CC1. The average molecular weight is 525 g/mol. The average Bonchev–Trinajstić information content (AvgIpc) is 2.90. The third-order valence-corrected chi connectivity index (χ3v) is 10.1. The Kier molecular flexibility index (Phi) is 9.19. The highest BCUT2D eigenvalue weighted by atomic mass is 32.2. The van der Waals surface area contributed by atoms with E-state index in [1.807, 2.05) is 0 Å². The third-order valence-electron chi connectivity index (χ3n) is 6.27. The molecule has 2 aromatic carbocycles. The van der Waals surface area contributed by atoms with Crippen molar-refractivity contribution in [1.29, 1.82) is 0 Å². The van der Waals surface area contributed by atoms with E-state index < -0.39 is 25.8 Å². The van der Waals surface area contributed by atoms with Crippen LogP contribution in [0, 0.1) is 0 Å². The van der Waals surface area contributed by atoms with Gasteiger partial charge in [0.2, 0.25) is 20.0 Å². The van der Waals surface area contributed by atoms with Crippen LogP contribution in [0.4, 0.5) is 0 Å². The maximum Gasteiger partial charge on any atom is 0.243 e. The fraction of sp³-hybridized carbons (Fsp3) is 0.458. The molecule has 2 fully saturated rings. The van der Waals surface area contributed by atoms with Gasteiger partial charge in [-0.15, -0.1) is 0 Å². The van der Waals surface area contributed by atoms with Crippen molar-refractivity contribution in [2.45, 2.75) is 41.3 Å². The zero-order chi connectivity index (χ0) is 25.5. The molecule has 9 nitrogen and oxygen atoms in total. The van der Waals surface area contributed by atoms with Gasteiger partial charge in [-0.05, 0) is 24.3 Å². The molecule has 35 heavy (non-hydrogen) atoms. The van der Waals surface area contributed by atoms with Gasteiger partial charge in [-0.3, -0.25) is 4.79 Å². The van der Waals surface area contributed by atoms with Gasteiger partial charge in [0.25, 0.3) is 0 Å². The van der Waals surface area contributed by atoms with Crippen LogP contribution in [0.15, 0.2) is 70.5 Å². The van der Waals surface area contributed by atoms with Crippen LogP contribution < -0.4 is 0 Å². The smallest absolute Gasteiger partial charge is 0.243 e. The molecule has 0 aromatic heterocycles. The van der Waals surface area contributed by atoms with E-state index in [0.29, 0.717) is 61.7 Å². The van der Waals surface area contributed by atoms with E-state index in [9.17, 15) is 21.6 Å². The molecular weight excluding hydrogens is 492 g/mol. The number of piperidine rings is 2. The van der Waals surface area contributed by atoms with Gasteiger partial charge in [-0.2, -0.15) is 8.61 Å². The summed E-state index contributed by atoms with van der Waals surface area (Å²) in [7, 11) is -3.63. The summed E-state index contributed by atoms with van der Waals surface area (Å²) in [6, 6.07) is 16.8. The number of ether oxygens (including phenoxy) is 2. The molecule has 2 aromatic rings. The Labute approximate surface area is 207 Å². The molecule has 0 unspecified atom stereocenters. The van der Waals surface area contributed by atoms with Gasteiger partial charge in [0.1, 0.15) is 5.78 Å². The van der Waals surface area contributed by atoms with Gasteiger partial charge >= 0.3 is 0 Å². The van der Waals surface area contributed by atoms with Crippen LogP contribution in [0.3, 0.4) is 0 Å². The maximum atomic E-state index is 12.4. The lowest BCUT2D eigenvalue weighted by atomic mass is 10.1. The second kappa shape index (κ2) is 11.7. The van der Waals surface area contributed by atoms with Crippen molar-refractivity contribution in [2.75, 3.05) is 40.4 Å². The highest BCUT2D eigenvalue weighted by Crippen LogP contribution is 2.29. The van der Waals surface area contributed by atoms with Gasteiger partial charge in [0.15, 0.2) is 5.79 Å². The molecule has 2 saturated heterocycles. The second-order valence-corrected chi connectivity index (χ2v) is 12.2. The van der Waals surface area contributed by atoms with Crippen molar-refractivity contribution in [3.05, 3.63) is 60.7 Å². The van der Waals surface area contributed by atoms with E-state index in [4.69, 9.17) is 9.47 Å². The Balaban J connectivity index is 0.000000198. The zero-order valence-electron chi connectivity index (χ0n) is 20.0. The molecule has 0 bridgehead atoms. The lowest BCUT2D eigenvalue weighted by Crippen LogP contribution is -2.48. The van der Waals surface area contributed by atoms with Crippen LogP contribution in [0.25, 0.3) is 0 Å². The standard InChI is InChI=1S/C13H19NO4S.C11H13NO3S/c1-17-13(18-2)8-10-14(11-9-13)19(15,16)12-6-4-3-5-7-12;13-10-6-8-12(9-7-10)16(14,15)11-4-2-1-3-5-11/h3-7H,8-11H2,1-2H3;1-5H,6-9H2. The Bertz CT molecular complexity index is 1160. The highest BCUT2D eigenvalue weighted by Gasteiger charge is 2.38. The quantitative estimate of drug-likeness (QED) is 0.534. The monoisotopic (exact) mass is 524 g/mol. The summed E-state index contributed by atoms with van der Waals surface area (Å²) < 4.78 is 62.6. The predicted octanol–water partition coefficient (Wildman–Crippen LogP) is 2.50. The first-order chi connectivity index (χ1) is 16.6. The Morgan fingerprint density at radius 1 is 0.657 bits per heavy atom. The van der Waals surface area contributed by atoms with Crippen LogP contribution in [0.1, 0.15) is 25.7 Å². The highest BCUT2D eigenvalue weighted by molar-refractivity contribution is 7.89. The number of hydrogen-bond donors (Lipinski definition) is 0. The summed E-state index contributed by atoms with van der Waals surface area (Å²) in [5.41, 5.74) is 0. The van der Waals surface area contributed by atoms with E-state index in [1.54, 1.807) is 74.9 Å². The van der Waals surface area contributed by atoms with E-state index in [1.165, 1.54) is 8.61 Å². The van der Waals surface area contributed by atoms with Crippen molar-refractivity contribution in [1.82, 2.24) is 8.61 Å². The van der Waals surface area contributed by atoms with E-state index in [-0.39, 0.29) is 5.78 Å². The van der Waals surface area contributed by atoms with Gasteiger partial charge in [0, 0.05) is 66.1 Å². The fourth-order valence-corrected chi connectivity index (χ4v) is 6.94. The Morgan fingerprint density at radius 3 is 1.40 bits per heavy atom. The molecule has 2 heterocycles. The van der Waals surface area contributed by atoms with Crippen molar-refractivity contribution in [2.24, 2.45) is 0 Å². The third kappa shape index (κ3) is 6.54. The molecule has 2 aliphatic rings. The second-order valence-electron chi connectivity index (χ2n) is 8.29. The topological polar surface area (TPSA) is 110 Å². The van der Waals surface area contributed by atoms with E-state index in [0.717, 1.165) is 0 Å². The molecule has 4 rings (SSSR count). The molecule has 0 atom stereocenters. The number of carbonyl (C=O) groups excluding carboxylic acids is 1. The first-order valence-corrected chi connectivity index (χ1v) is 14.2. The summed E-state index contributed by atoms with van der Waals surface area (Å²) in [6.07, 6.45) is 1.72. The fourth-order valence-electron chi connectivity index (χ4n) is 4.02. The number of carbonyl (C=O) groups is 1. The lowest BCUT2D eigenvalue weighted by molar-refractivity contribution is -0.224. The molecule has 0 saturated carbocycles.